The highest BCUT2D eigenvalue weighted by Crippen LogP contribution is 2.24. The smallest absolute Gasteiger partial charge is 0.406 e. The molecule has 0 saturated heterocycles. The maximum Gasteiger partial charge on any atom is 0.573 e. The van der Waals surface area contributed by atoms with E-state index >= 15 is 0 Å². The molecule has 174 valence electrons. The van der Waals surface area contributed by atoms with E-state index in [0.29, 0.717) is 35.5 Å². The molecule has 33 heavy (non-hydrogen) atoms. The molecule has 0 spiro atoms. The molecular formula is C21H22F3N7O2. The summed E-state index contributed by atoms with van der Waals surface area (Å²) >= 11 is 0. The highest BCUT2D eigenvalue weighted by atomic mass is 19.4. The van der Waals surface area contributed by atoms with Gasteiger partial charge in [0.1, 0.15) is 29.0 Å². The minimum Gasteiger partial charge on any atom is -0.406 e. The Kier molecular flexibility index (Phi) is 7.49. The highest BCUT2D eigenvalue weighted by molar-refractivity contribution is 5.89. The average Bonchev–Trinajstić information content (AvgIpc) is 2.71. The normalized spacial score (nSPS) is 10.9. The Morgan fingerprint density at radius 3 is 2.39 bits per heavy atom. The third-order valence-corrected chi connectivity index (χ3v) is 4.07. The molecular weight excluding hydrogens is 439 g/mol. The molecule has 0 fully saturated rings. The van der Waals surface area contributed by atoms with Crippen LogP contribution in [-0.2, 0) is 0 Å². The molecule has 0 bridgehead atoms. The van der Waals surface area contributed by atoms with Gasteiger partial charge in [-0.05, 0) is 55.8 Å². The summed E-state index contributed by atoms with van der Waals surface area (Å²) in [6.45, 7) is 4.37. The fourth-order valence-corrected chi connectivity index (χ4v) is 2.74. The Bertz CT molecular complexity index is 1090. The second kappa shape index (κ2) is 10.5. The molecule has 4 N–H and O–H groups in total. The third-order valence-electron chi connectivity index (χ3n) is 4.07. The lowest BCUT2D eigenvalue weighted by Crippen LogP contribution is -2.32. The molecule has 2 amide bonds. The maximum absolute atomic E-state index is 12.2. The van der Waals surface area contributed by atoms with Gasteiger partial charge in [-0.3, -0.25) is 0 Å². The van der Waals surface area contributed by atoms with Gasteiger partial charge in [-0.1, -0.05) is 0 Å². The number of hydrogen-bond acceptors (Lipinski definition) is 7. The Morgan fingerprint density at radius 1 is 0.970 bits per heavy atom. The SMILES string of the molecule is Cc1ccnc(Nc2cc(NCCNC(=O)Nc3ccc(OC(F)(F)F)cc3)nc(C)n2)c1. The lowest BCUT2D eigenvalue weighted by molar-refractivity contribution is -0.274. The Labute approximate surface area is 187 Å². The van der Waals surface area contributed by atoms with Crippen LogP contribution in [-0.4, -0.2) is 40.4 Å². The molecule has 3 rings (SSSR count). The molecule has 12 heteroatoms. The van der Waals surface area contributed by atoms with Crippen molar-refractivity contribution in [3.63, 3.8) is 0 Å². The summed E-state index contributed by atoms with van der Waals surface area (Å²) < 4.78 is 40.3. The predicted molar refractivity (Wildman–Crippen MR) is 118 cm³/mol. The van der Waals surface area contributed by atoms with Gasteiger partial charge in [-0.25, -0.2) is 19.7 Å². The van der Waals surface area contributed by atoms with Gasteiger partial charge in [0.2, 0.25) is 0 Å². The first kappa shape index (κ1) is 23.6. The van der Waals surface area contributed by atoms with Crippen molar-refractivity contribution in [1.29, 1.82) is 0 Å². The van der Waals surface area contributed by atoms with Gasteiger partial charge >= 0.3 is 12.4 Å². The summed E-state index contributed by atoms with van der Waals surface area (Å²) in [6.07, 6.45) is -3.07. The summed E-state index contributed by atoms with van der Waals surface area (Å²) in [5, 5.41) is 11.4. The largest absolute Gasteiger partial charge is 0.573 e. The van der Waals surface area contributed by atoms with Crippen LogP contribution >= 0.6 is 0 Å². The fourth-order valence-electron chi connectivity index (χ4n) is 2.74. The van der Waals surface area contributed by atoms with Crippen LogP contribution in [0.4, 0.5) is 41.1 Å². The number of aromatic nitrogens is 3. The number of alkyl halides is 3. The number of benzene rings is 1. The van der Waals surface area contributed by atoms with Crippen molar-refractivity contribution in [2.24, 2.45) is 0 Å². The summed E-state index contributed by atoms with van der Waals surface area (Å²) in [7, 11) is 0. The number of nitrogens with zero attached hydrogens (tertiary/aromatic N) is 3. The molecule has 9 nitrogen and oxygen atoms in total. The zero-order valence-corrected chi connectivity index (χ0v) is 17.8. The van der Waals surface area contributed by atoms with E-state index < -0.39 is 12.4 Å². The number of aryl methyl sites for hydroxylation is 2. The lowest BCUT2D eigenvalue weighted by Gasteiger charge is -2.12. The minimum absolute atomic E-state index is 0.270. The summed E-state index contributed by atoms with van der Waals surface area (Å²) in [4.78, 5) is 24.9. The van der Waals surface area contributed by atoms with Crippen molar-refractivity contribution in [2.75, 3.05) is 29.0 Å². The van der Waals surface area contributed by atoms with E-state index in [1.807, 2.05) is 19.1 Å². The van der Waals surface area contributed by atoms with Gasteiger partial charge in [-0.15, -0.1) is 13.2 Å². The number of carbonyl (C=O) groups excluding carboxylic acids is 1. The lowest BCUT2D eigenvalue weighted by atomic mass is 10.3. The molecule has 0 radical (unpaired) electrons. The van der Waals surface area contributed by atoms with E-state index in [1.165, 1.54) is 12.1 Å². The van der Waals surface area contributed by atoms with Crippen molar-refractivity contribution in [1.82, 2.24) is 20.3 Å². The second-order valence-corrected chi connectivity index (χ2v) is 6.91. The number of anilines is 4. The Morgan fingerprint density at radius 2 is 1.70 bits per heavy atom. The number of rotatable bonds is 8. The number of pyridine rings is 1. The highest BCUT2D eigenvalue weighted by Gasteiger charge is 2.30. The van der Waals surface area contributed by atoms with Crippen molar-refractivity contribution in [2.45, 2.75) is 20.2 Å². The Balaban J connectivity index is 1.44. The van der Waals surface area contributed by atoms with E-state index in [9.17, 15) is 18.0 Å². The van der Waals surface area contributed by atoms with Gasteiger partial charge in [0.05, 0.1) is 0 Å². The number of hydrogen-bond donors (Lipinski definition) is 4. The molecule has 0 aliphatic heterocycles. The van der Waals surface area contributed by atoms with Crippen molar-refractivity contribution < 1.29 is 22.7 Å². The minimum atomic E-state index is -4.77. The van der Waals surface area contributed by atoms with Crippen LogP contribution in [0.15, 0.2) is 48.7 Å². The van der Waals surface area contributed by atoms with Crippen molar-refractivity contribution >= 4 is 29.2 Å². The maximum atomic E-state index is 12.2. The molecule has 0 unspecified atom stereocenters. The number of urea groups is 1. The number of halogens is 3. The Hall–Kier alpha value is -4.09. The molecule has 2 aromatic heterocycles. The number of nitrogens with one attached hydrogen (secondary N) is 4. The summed E-state index contributed by atoms with van der Waals surface area (Å²) in [5.74, 6) is 1.99. The summed E-state index contributed by atoms with van der Waals surface area (Å²) in [5.41, 5.74) is 1.38. The molecule has 0 atom stereocenters. The number of amides is 2. The number of carbonyl (C=O) groups is 1. The van der Waals surface area contributed by atoms with E-state index in [-0.39, 0.29) is 12.3 Å². The number of ether oxygens (including phenoxy) is 1. The molecule has 0 aliphatic rings. The van der Waals surface area contributed by atoms with E-state index in [2.05, 4.69) is 41.0 Å². The first-order chi connectivity index (χ1) is 15.7. The van der Waals surface area contributed by atoms with Gasteiger partial charge in [0.15, 0.2) is 0 Å². The van der Waals surface area contributed by atoms with Gasteiger partial charge in [-0.2, -0.15) is 0 Å². The topological polar surface area (TPSA) is 113 Å². The summed E-state index contributed by atoms with van der Waals surface area (Å²) in [6, 6.07) is 9.84. The van der Waals surface area contributed by atoms with Crippen molar-refractivity contribution in [3.05, 3.63) is 60.0 Å². The fraction of sp³-hybridized carbons (Fsp3) is 0.238. The van der Waals surface area contributed by atoms with E-state index in [4.69, 9.17) is 0 Å². The molecule has 1 aromatic carbocycles. The zero-order chi connectivity index (χ0) is 23.8. The quantitative estimate of drug-likeness (QED) is 0.369. The van der Waals surface area contributed by atoms with Crippen LogP contribution in [0.5, 0.6) is 5.75 Å². The third kappa shape index (κ3) is 8.16. The zero-order valence-electron chi connectivity index (χ0n) is 17.8. The van der Waals surface area contributed by atoms with Crippen LogP contribution in [0, 0.1) is 13.8 Å². The van der Waals surface area contributed by atoms with Crippen molar-refractivity contribution in [3.8, 4) is 5.75 Å². The standard InChI is InChI=1S/C21H22F3N7O2/c1-13-7-8-25-17(11-13)31-19-12-18(28-14(2)29-19)26-9-10-27-20(32)30-15-3-5-16(6-4-15)33-21(22,23)24/h3-8,11-12H,9-10H2,1-2H3,(H2,27,30,32)(H2,25,26,28,29,31). The molecule has 0 aliphatic carbocycles. The first-order valence-corrected chi connectivity index (χ1v) is 9.86. The van der Waals surface area contributed by atoms with Crippen LogP contribution in [0.2, 0.25) is 0 Å². The first-order valence-electron chi connectivity index (χ1n) is 9.86. The van der Waals surface area contributed by atoms with Crippen LogP contribution in [0.1, 0.15) is 11.4 Å². The molecule has 0 saturated carbocycles. The van der Waals surface area contributed by atoms with Crippen LogP contribution < -0.4 is 26.0 Å². The molecule has 3 aromatic rings. The predicted octanol–water partition coefficient (Wildman–Crippen LogP) is 4.36. The monoisotopic (exact) mass is 461 g/mol. The van der Waals surface area contributed by atoms with E-state index in [1.54, 1.807) is 19.2 Å². The molecule has 2 heterocycles. The van der Waals surface area contributed by atoms with Crippen LogP contribution in [0.25, 0.3) is 0 Å². The second-order valence-electron chi connectivity index (χ2n) is 6.91. The van der Waals surface area contributed by atoms with Gasteiger partial charge < -0.3 is 26.0 Å². The average molecular weight is 461 g/mol. The van der Waals surface area contributed by atoms with Gasteiger partial charge in [0, 0.05) is 31.0 Å². The van der Waals surface area contributed by atoms with Crippen LogP contribution in [0.3, 0.4) is 0 Å². The van der Waals surface area contributed by atoms with E-state index in [0.717, 1.165) is 17.7 Å². The van der Waals surface area contributed by atoms with Gasteiger partial charge in [0.25, 0.3) is 0 Å².